The van der Waals surface area contributed by atoms with Crippen LogP contribution < -0.4 is 4.74 Å². The van der Waals surface area contributed by atoms with Gasteiger partial charge in [0.15, 0.2) is 5.69 Å². The van der Waals surface area contributed by atoms with E-state index in [1.54, 1.807) is 12.4 Å². The van der Waals surface area contributed by atoms with Crippen LogP contribution in [0.4, 0.5) is 0 Å². The largest absolute Gasteiger partial charge is 0.473 e. The molecule has 4 heterocycles. The van der Waals surface area contributed by atoms with Crippen LogP contribution in [0, 0.1) is 6.92 Å². The molecule has 2 aliphatic heterocycles. The molecular weight excluding hydrogens is 346 g/mol. The number of rotatable bonds is 3. The SMILES string of the molecule is Cc1cncc(O[C@@H]2CCOC3(C2)CN(C(=O)c2n[nH]c4c2CCC4)C3)n1. The number of carbonyl (C=O) groups is 1. The van der Waals surface area contributed by atoms with Crippen molar-refractivity contribution >= 4 is 5.91 Å². The van der Waals surface area contributed by atoms with Crippen LogP contribution in [0.5, 0.6) is 5.88 Å². The van der Waals surface area contributed by atoms with Crippen LogP contribution in [0.25, 0.3) is 0 Å². The number of hydrogen-bond acceptors (Lipinski definition) is 6. The molecule has 1 N–H and O–H groups in total. The van der Waals surface area contributed by atoms with E-state index in [9.17, 15) is 4.79 Å². The maximum atomic E-state index is 12.8. The second kappa shape index (κ2) is 6.30. The summed E-state index contributed by atoms with van der Waals surface area (Å²) in [6, 6.07) is 0. The summed E-state index contributed by atoms with van der Waals surface area (Å²) in [7, 11) is 0. The summed E-state index contributed by atoms with van der Waals surface area (Å²) in [4.78, 5) is 23.2. The fraction of sp³-hybridized carbons (Fsp3) is 0.579. The zero-order valence-corrected chi connectivity index (χ0v) is 15.4. The van der Waals surface area contributed by atoms with Gasteiger partial charge in [-0.2, -0.15) is 5.10 Å². The molecule has 0 bridgehead atoms. The van der Waals surface area contributed by atoms with Gasteiger partial charge >= 0.3 is 0 Å². The normalized spacial score (nSPS) is 23.1. The Balaban J connectivity index is 1.22. The molecule has 1 spiro atoms. The Kier molecular flexibility index (Phi) is 3.89. The number of H-pyrrole nitrogens is 1. The smallest absolute Gasteiger partial charge is 0.274 e. The van der Waals surface area contributed by atoms with E-state index >= 15 is 0 Å². The highest BCUT2D eigenvalue weighted by Crippen LogP contribution is 2.37. The Bertz CT molecular complexity index is 874. The van der Waals surface area contributed by atoms with Crippen molar-refractivity contribution in [3.63, 3.8) is 0 Å². The lowest BCUT2D eigenvalue weighted by atomic mass is 9.84. The van der Waals surface area contributed by atoms with Crippen molar-refractivity contribution in [3.8, 4) is 5.88 Å². The summed E-state index contributed by atoms with van der Waals surface area (Å²) in [5, 5.41) is 7.27. The van der Waals surface area contributed by atoms with Gasteiger partial charge in [0.05, 0.1) is 31.6 Å². The first-order valence-electron chi connectivity index (χ1n) is 9.57. The van der Waals surface area contributed by atoms with Gasteiger partial charge in [-0.1, -0.05) is 0 Å². The van der Waals surface area contributed by atoms with E-state index in [4.69, 9.17) is 9.47 Å². The number of nitrogens with zero attached hydrogens (tertiary/aromatic N) is 4. The molecule has 0 saturated carbocycles. The fourth-order valence-corrected chi connectivity index (χ4v) is 4.41. The summed E-state index contributed by atoms with van der Waals surface area (Å²) in [5.41, 5.74) is 3.34. The molecule has 142 valence electrons. The molecule has 1 amide bonds. The van der Waals surface area contributed by atoms with Crippen molar-refractivity contribution in [1.29, 1.82) is 0 Å². The number of amides is 1. The van der Waals surface area contributed by atoms with Gasteiger partial charge in [-0.15, -0.1) is 0 Å². The number of aryl methyl sites for hydroxylation is 2. The first-order chi connectivity index (χ1) is 13.1. The van der Waals surface area contributed by atoms with Crippen LogP contribution in [0.1, 0.15) is 46.7 Å². The summed E-state index contributed by atoms with van der Waals surface area (Å²) < 4.78 is 12.1. The number of carbonyl (C=O) groups excluding carboxylic acids is 1. The molecule has 0 unspecified atom stereocenters. The molecule has 0 aromatic carbocycles. The second-order valence-electron chi connectivity index (χ2n) is 7.81. The summed E-state index contributed by atoms with van der Waals surface area (Å²) in [5.74, 6) is 0.563. The average molecular weight is 369 g/mol. The van der Waals surface area contributed by atoms with E-state index in [0.717, 1.165) is 49.1 Å². The molecule has 8 nitrogen and oxygen atoms in total. The highest BCUT2D eigenvalue weighted by atomic mass is 16.5. The minimum absolute atomic E-state index is 0.0104. The Morgan fingerprint density at radius 2 is 2.26 bits per heavy atom. The standard InChI is InChI=1S/C19H23N5O3/c1-12-8-20-9-16(21-12)27-13-5-6-26-19(7-13)10-24(11-19)18(25)17-14-3-2-4-15(14)22-23-17/h8-9,13H,2-7,10-11H2,1H3,(H,22,23)/t13-/m1/s1. The van der Waals surface area contributed by atoms with Gasteiger partial charge in [0.2, 0.25) is 5.88 Å². The predicted molar refractivity (Wildman–Crippen MR) is 95.6 cm³/mol. The van der Waals surface area contributed by atoms with E-state index in [-0.39, 0.29) is 17.6 Å². The fourth-order valence-electron chi connectivity index (χ4n) is 4.41. The average Bonchev–Trinajstić information content (AvgIpc) is 3.23. The number of ether oxygens (including phenoxy) is 2. The topological polar surface area (TPSA) is 93.2 Å². The van der Waals surface area contributed by atoms with Crippen molar-refractivity contribution in [2.45, 2.75) is 50.7 Å². The van der Waals surface area contributed by atoms with Crippen LogP contribution in [-0.4, -0.2) is 62.4 Å². The third-order valence-electron chi connectivity index (χ3n) is 5.72. The molecular formula is C19H23N5O3. The van der Waals surface area contributed by atoms with Crippen molar-refractivity contribution in [1.82, 2.24) is 25.1 Å². The molecule has 27 heavy (non-hydrogen) atoms. The summed E-state index contributed by atoms with van der Waals surface area (Å²) in [6.45, 7) is 3.70. The maximum Gasteiger partial charge on any atom is 0.274 e. The quantitative estimate of drug-likeness (QED) is 0.880. The van der Waals surface area contributed by atoms with Crippen molar-refractivity contribution in [2.75, 3.05) is 19.7 Å². The minimum atomic E-state index is -0.310. The minimum Gasteiger partial charge on any atom is -0.473 e. The van der Waals surface area contributed by atoms with Gasteiger partial charge in [0.25, 0.3) is 5.91 Å². The number of fused-ring (bicyclic) bond motifs is 1. The van der Waals surface area contributed by atoms with Crippen molar-refractivity contribution in [3.05, 3.63) is 35.0 Å². The Morgan fingerprint density at radius 3 is 3.11 bits per heavy atom. The Labute approximate surface area is 157 Å². The predicted octanol–water partition coefficient (Wildman–Crippen LogP) is 1.45. The molecule has 8 heteroatoms. The molecule has 2 fully saturated rings. The number of aromatic nitrogens is 4. The van der Waals surface area contributed by atoms with Gasteiger partial charge in [-0.25, -0.2) is 4.98 Å². The van der Waals surface area contributed by atoms with Gasteiger partial charge in [0, 0.05) is 30.3 Å². The molecule has 1 aliphatic carbocycles. The molecule has 2 aromatic rings. The zero-order chi connectivity index (χ0) is 18.4. The maximum absolute atomic E-state index is 12.8. The summed E-state index contributed by atoms with van der Waals surface area (Å²) in [6.07, 6.45) is 7.98. The van der Waals surface area contributed by atoms with E-state index in [0.29, 0.717) is 31.3 Å². The van der Waals surface area contributed by atoms with Crippen LogP contribution >= 0.6 is 0 Å². The third-order valence-corrected chi connectivity index (χ3v) is 5.72. The first kappa shape index (κ1) is 16.7. The highest BCUT2D eigenvalue weighted by Gasteiger charge is 2.50. The lowest BCUT2D eigenvalue weighted by Gasteiger charge is -2.52. The number of hydrogen-bond donors (Lipinski definition) is 1. The second-order valence-corrected chi connectivity index (χ2v) is 7.81. The number of aromatic amines is 1. The molecule has 1 atom stereocenters. The Hall–Kier alpha value is -2.48. The van der Waals surface area contributed by atoms with Gasteiger partial charge < -0.3 is 14.4 Å². The van der Waals surface area contributed by atoms with E-state index in [1.807, 2.05) is 11.8 Å². The van der Waals surface area contributed by atoms with Crippen LogP contribution in [-0.2, 0) is 17.6 Å². The lowest BCUT2D eigenvalue weighted by molar-refractivity contribution is -0.174. The van der Waals surface area contributed by atoms with Gasteiger partial charge in [0.1, 0.15) is 11.7 Å². The molecule has 2 aromatic heterocycles. The van der Waals surface area contributed by atoms with Gasteiger partial charge in [-0.05, 0) is 26.2 Å². The van der Waals surface area contributed by atoms with Gasteiger partial charge in [-0.3, -0.25) is 14.9 Å². The van der Waals surface area contributed by atoms with Crippen LogP contribution in [0.15, 0.2) is 12.4 Å². The van der Waals surface area contributed by atoms with Crippen molar-refractivity contribution < 1.29 is 14.3 Å². The zero-order valence-electron chi connectivity index (χ0n) is 15.4. The molecule has 3 aliphatic rings. The monoisotopic (exact) mass is 369 g/mol. The van der Waals surface area contributed by atoms with Crippen molar-refractivity contribution in [2.24, 2.45) is 0 Å². The highest BCUT2D eigenvalue weighted by molar-refractivity contribution is 5.95. The Morgan fingerprint density at radius 1 is 1.37 bits per heavy atom. The number of likely N-dealkylation sites (tertiary alicyclic amines) is 1. The summed E-state index contributed by atoms with van der Waals surface area (Å²) >= 11 is 0. The molecule has 0 radical (unpaired) electrons. The molecule has 5 rings (SSSR count). The lowest BCUT2D eigenvalue weighted by Crippen LogP contribution is -2.67. The van der Waals surface area contributed by atoms with E-state index in [1.165, 1.54) is 0 Å². The third kappa shape index (κ3) is 2.97. The molecule has 2 saturated heterocycles. The van der Waals surface area contributed by atoms with Crippen LogP contribution in [0.3, 0.4) is 0 Å². The first-order valence-corrected chi connectivity index (χ1v) is 9.57. The number of nitrogens with one attached hydrogen (secondary N) is 1. The van der Waals surface area contributed by atoms with E-state index < -0.39 is 0 Å². The van der Waals surface area contributed by atoms with E-state index in [2.05, 4.69) is 20.2 Å². The van der Waals surface area contributed by atoms with Crippen LogP contribution in [0.2, 0.25) is 0 Å².